The van der Waals surface area contributed by atoms with Crippen molar-refractivity contribution in [2.45, 2.75) is 18.9 Å². The van der Waals surface area contributed by atoms with Gasteiger partial charge in [-0.15, -0.1) is 0 Å². The number of fused-ring (bicyclic) bond motifs is 1. The molecule has 2 aliphatic rings. The number of rotatable bonds is 7. The molecule has 11 nitrogen and oxygen atoms in total. The number of carbonyl (C=O) groups is 1. The summed E-state index contributed by atoms with van der Waals surface area (Å²) in [4.78, 5) is 27.5. The van der Waals surface area contributed by atoms with E-state index in [4.69, 9.17) is 27.9 Å². The highest BCUT2D eigenvalue weighted by molar-refractivity contribution is 7.92. The molecule has 3 aromatic rings. The second-order valence-electron chi connectivity index (χ2n) is 9.90. The van der Waals surface area contributed by atoms with Crippen molar-refractivity contribution in [1.29, 1.82) is 0 Å². The zero-order chi connectivity index (χ0) is 28.6. The molecule has 2 aliphatic heterocycles. The van der Waals surface area contributed by atoms with Crippen molar-refractivity contribution in [3.63, 3.8) is 0 Å². The molecule has 1 fully saturated rings. The Balaban J connectivity index is 1.37. The fraction of sp³-hybridized carbons (Fsp3) is 0.346. The topological polar surface area (TPSA) is 120 Å². The minimum absolute atomic E-state index is 0.108. The lowest BCUT2D eigenvalue weighted by Gasteiger charge is -2.37. The van der Waals surface area contributed by atoms with Gasteiger partial charge in [-0.2, -0.15) is 4.98 Å². The van der Waals surface area contributed by atoms with Gasteiger partial charge in [0.25, 0.3) is 5.91 Å². The summed E-state index contributed by atoms with van der Waals surface area (Å²) >= 11 is 12.6. The van der Waals surface area contributed by atoms with Gasteiger partial charge in [-0.05, 0) is 57.3 Å². The average molecular weight is 607 g/mol. The molecule has 212 valence electrons. The smallest absolute Gasteiger partial charge is 0.268 e. The SMILES string of the molecule is CN(C)C1CCN(c2ccc(Nc3ncc4c(n3)OCN(c3c(Cl)cccc3Cl)C4=O)cc2NS(C)(=O)=O)CC1. The minimum atomic E-state index is -3.53. The number of amides is 1. The summed E-state index contributed by atoms with van der Waals surface area (Å²) in [7, 11) is 0.621. The van der Waals surface area contributed by atoms with Crippen LogP contribution in [0.25, 0.3) is 0 Å². The van der Waals surface area contributed by atoms with Crippen molar-refractivity contribution in [3.8, 4) is 5.88 Å². The molecule has 40 heavy (non-hydrogen) atoms. The average Bonchev–Trinajstić information content (AvgIpc) is 2.89. The summed E-state index contributed by atoms with van der Waals surface area (Å²) in [6, 6.07) is 10.9. The van der Waals surface area contributed by atoms with Gasteiger partial charge in [0, 0.05) is 31.0 Å². The summed E-state index contributed by atoms with van der Waals surface area (Å²) < 4.78 is 32.7. The second-order valence-corrected chi connectivity index (χ2v) is 12.5. The molecular weight excluding hydrogens is 577 g/mol. The van der Waals surface area contributed by atoms with Crippen molar-refractivity contribution in [2.75, 3.05) is 60.0 Å². The Labute approximate surface area is 243 Å². The molecule has 1 aromatic heterocycles. The van der Waals surface area contributed by atoms with Crippen LogP contribution in [0.5, 0.6) is 5.88 Å². The number of sulfonamides is 1. The highest BCUT2D eigenvalue weighted by Crippen LogP contribution is 2.37. The van der Waals surface area contributed by atoms with E-state index in [-0.39, 0.29) is 24.1 Å². The van der Waals surface area contributed by atoms with E-state index in [0.29, 0.717) is 33.1 Å². The lowest BCUT2D eigenvalue weighted by atomic mass is 10.0. The Hall–Kier alpha value is -3.32. The summed E-state index contributed by atoms with van der Waals surface area (Å²) in [6.07, 6.45) is 4.44. The molecule has 2 aromatic carbocycles. The van der Waals surface area contributed by atoms with E-state index in [2.05, 4.69) is 43.9 Å². The third-order valence-corrected chi connectivity index (χ3v) is 8.05. The lowest BCUT2D eigenvalue weighted by molar-refractivity contribution is 0.0932. The van der Waals surface area contributed by atoms with Crippen LogP contribution in [0.2, 0.25) is 10.0 Å². The molecule has 1 amide bonds. The Morgan fingerprint density at radius 1 is 1.10 bits per heavy atom. The van der Waals surface area contributed by atoms with Gasteiger partial charge in [0.15, 0.2) is 6.73 Å². The van der Waals surface area contributed by atoms with Gasteiger partial charge in [0.2, 0.25) is 21.9 Å². The van der Waals surface area contributed by atoms with E-state index in [1.165, 1.54) is 11.1 Å². The maximum absolute atomic E-state index is 13.2. The third kappa shape index (κ3) is 6.04. The number of para-hydroxylation sites is 1. The van der Waals surface area contributed by atoms with Crippen molar-refractivity contribution >= 4 is 67.8 Å². The van der Waals surface area contributed by atoms with E-state index in [1.807, 2.05) is 12.1 Å². The molecule has 0 unspecified atom stereocenters. The van der Waals surface area contributed by atoms with Crippen molar-refractivity contribution in [3.05, 3.63) is 58.2 Å². The quantitative estimate of drug-likeness (QED) is 0.403. The van der Waals surface area contributed by atoms with Gasteiger partial charge in [-0.3, -0.25) is 14.4 Å². The number of piperidine rings is 1. The number of benzene rings is 2. The van der Waals surface area contributed by atoms with Crippen LogP contribution in [-0.2, 0) is 10.0 Å². The zero-order valence-corrected chi connectivity index (χ0v) is 24.5. The largest absolute Gasteiger partial charge is 0.455 e. The molecule has 0 spiro atoms. The Bertz CT molecular complexity index is 1530. The summed E-state index contributed by atoms with van der Waals surface area (Å²) in [5.41, 5.74) is 2.31. The lowest BCUT2D eigenvalue weighted by Crippen LogP contribution is -2.42. The summed E-state index contributed by atoms with van der Waals surface area (Å²) in [5, 5.41) is 3.71. The maximum Gasteiger partial charge on any atom is 0.268 e. The van der Waals surface area contributed by atoms with Crippen LogP contribution in [0.4, 0.5) is 28.7 Å². The second kappa shape index (κ2) is 11.3. The molecule has 14 heteroatoms. The summed E-state index contributed by atoms with van der Waals surface area (Å²) in [6.45, 7) is 1.49. The van der Waals surface area contributed by atoms with Crippen molar-refractivity contribution in [2.24, 2.45) is 0 Å². The van der Waals surface area contributed by atoms with Gasteiger partial charge in [-0.1, -0.05) is 29.3 Å². The number of nitrogens with zero attached hydrogens (tertiary/aromatic N) is 5. The van der Waals surface area contributed by atoms with Crippen LogP contribution in [-0.4, -0.2) is 75.4 Å². The van der Waals surface area contributed by atoms with Gasteiger partial charge < -0.3 is 19.9 Å². The molecular formula is C26H29Cl2N7O4S. The highest BCUT2D eigenvalue weighted by atomic mass is 35.5. The standard InChI is InChI=1S/C26H29Cl2N7O4S/c1-33(2)17-9-11-34(12-10-17)22-8-7-16(13-21(22)32-40(3,37)38)30-26-29-14-18-24(31-26)39-15-35(25(18)36)23-19(27)5-4-6-20(23)28/h4-8,13-14,17,32H,9-12,15H2,1-3H3,(H,29,30,31). The van der Waals surface area contributed by atoms with Crippen LogP contribution >= 0.6 is 23.2 Å². The molecule has 0 atom stereocenters. The number of halogens is 2. The molecule has 1 saturated heterocycles. The maximum atomic E-state index is 13.2. The predicted molar refractivity (Wildman–Crippen MR) is 158 cm³/mol. The van der Waals surface area contributed by atoms with E-state index in [0.717, 1.165) is 37.9 Å². The molecule has 0 saturated carbocycles. The minimum Gasteiger partial charge on any atom is -0.455 e. The van der Waals surface area contributed by atoms with Crippen LogP contribution < -0.4 is 24.6 Å². The first-order chi connectivity index (χ1) is 19.0. The van der Waals surface area contributed by atoms with Gasteiger partial charge in [-0.25, -0.2) is 13.4 Å². The highest BCUT2D eigenvalue weighted by Gasteiger charge is 2.31. The van der Waals surface area contributed by atoms with Crippen molar-refractivity contribution < 1.29 is 17.9 Å². The zero-order valence-electron chi connectivity index (χ0n) is 22.2. The third-order valence-electron chi connectivity index (χ3n) is 6.85. The fourth-order valence-corrected chi connectivity index (χ4v) is 6.01. The van der Waals surface area contributed by atoms with Crippen molar-refractivity contribution in [1.82, 2.24) is 14.9 Å². The molecule has 0 radical (unpaired) electrons. The first-order valence-corrected chi connectivity index (χ1v) is 15.2. The van der Waals surface area contributed by atoms with Gasteiger partial charge in [0.05, 0.1) is 33.4 Å². The van der Waals surface area contributed by atoms with Gasteiger partial charge >= 0.3 is 0 Å². The molecule has 2 N–H and O–H groups in total. The number of ether oxygens (including phenoxy) is 1. The molecule has 3 heterocycles. The van der Waals surface area contributed by atoms with Crippen LogP contribution in [0.15, 0.2) is 42.6 Å². The van der Waals surface area contributed by atoms with Crippen LogP contribution in [0.3, 0.4) is 0 Å². The molecule has 5 rings (SSSR count). The Kier molecular flexibility index (Phi) is 7.96. The van der Waals surface area contributed by atoms with Gasteiger partial charge in [0.1, 0.15) is 5.56 Å². The number of anilines is 5. The van der Waals surface area contributed by atoms with E-state index in [9.17, 15) is 13.2 Å². The van der Waals surface area contributed by atoms with Crippen LogP contribution in [0.1, 0.15) is 23.2 Å². The fourth-order valence-electron chi connectivity index (χ4n) is 4.85. The summed E-state index contributed by atoms with van der Waals surface area (Å²) in [5.74, 6) is -0.109. The normalized spacial score (nSPS) is 16.1. The number of carbonyl (C=O) groups excluding carboxylic acids is 1. The first kappa shape index (κ1) is 28.2. The number of nitrogens with one attached hydrogen (secondary N) is 2. The number of aromatic nitrogens is 2. The number of hydrogen-bond donors (Lipinski definition) is 2. The molecule has 0 aliphatic carbocycles. The van der Waals surface area contributed by atoms with E-state index in [1.54, 1.807) is 24.3 Å². The first-order valence-electron chi connectivity index (χ1n) is 12.6. The predicted octanol–water partition coefficient (Wildman–Crippen LogP) is 4.43. The van der Waals surface area contributed by atoms with E-state index < -0.39 is 15.9 Å². The van der Waals surface area contributed by atoms with E-state index >= 15 is 0 Å². The Morgan fingerprint density at radius 2 is 1.80 bits per heavy atom. The number of hydrogen-bond acceptors (Lipinski definition) is 9. The monoisotopic (exact) mass is 605 g/mol. The Morgan fingerprint density at radius 3 is 2.45 bits per heavy atom. The molecule has 0 bridgehead atoms. The van der Waals surface area contributed by atoms with Crippen LogP contribution in [0, 0.1) is 0 Å².